The number of hydrogen-bond donors (Lipinski definition) is 0. The van der Waals surface area contributed by atoms with E-state index >= 15 is 0 Å². The van der Waals surface area contributed by atoms with Gasteiger partial charge in [-0.25, -0.2) is 0 Å². The van der Waals surface area contributed by atoms with Gasteiger partial charge in [-0.3, -0.25) is 8.42 Å². The molecule has 0 aliphatic rings. The van der Waals surface area contributed by atoms with Gasteiger partial charge in [0.1, 0.15) is 0 Å². The molecule has 0 saturated carbocycles. The Kier molecular flexibility index (Phi) is 9.65. The van der Waals surface area contributed by atoms with Gasteiger partial charge < -0.3 is 13.8 Å². The second kappa shape index (κ2) is 8.66. The molecule has 0 bridgehead atoms. The number of diazo groups is 1. The molecule has 10 heteroatoms. The summed E-state index contributed by atoms with van der Waals surface area (Å²) in [7, 11) is -3.67. The van der Waals surface area contributed by atoms with Crippen LogP contribution in [0.1, 0.15) is 0 Å². The third-order valence-electron chi connectivity index (χ3n) is 1.25. The van der Waals surface area contributed by atoms with Crippen LogP contribution in [0.2, 0.25) is 5.02 Å². The molecule has 0 N–H and O–H groups in total. The largest absolute Gasteiger partial charge is 1.00 e. The molecule has 17 heavy (non-hydrogen) atoms. The number of ether oxygens (including phenoxy) is 1. The van der Waals surface area contributed by atoms with Crippen LogP contribution < -0.4 is 34.3 Å². The first-order valence-electron chi connectivity index (χ1n) is 3.63. The fourth-order valence-electron chi connectivity index (χ4n) is 0.741. The van der Waals surface area contributed by atoms with Crippen LogP contribution in [0.25, 0.3) is 4.98 Å². The zero-order chi connectivity index (χ0) is 12.8. The van der Waals surface area contributed by atoms with Crippen molar-refractivity contribution < 1.29 is 51.8 Å². The Labute approximate surface area is 125 Å². The molecule has 1 rings (SSSR count). The summed E-state index contributed by atoms with van der Waals surface area (Å²) in [6.07, 6.45) is 0. The summed E-state index contributed by atoms with van der Waals surface area (Å²) in [5.74, 6) is 0.497. The molecule has 0 aromatic heterocycles. The molecular formula is C7H6ClN2NaO5S. The Morgan fingerprint density at radius 3 is 2.24 bits per heavy atom. The van der Waals surface area contributed by atoms with E-state index in [1.807, 2.05) is 0 Å². The molecule has 0 heterocycles. The van der Waals surface area contributed by atoms with E-state index in [0.29, 0.717) is 16.5 Å². The zero-order valence-corrected chi connectivity index (χ0v) is 12.5. The molecule has 1 aromatic rings. The van der Waals surface area contributed by atoms with Crippen LogP contribution in [0, 0.1) is 5.39 Å². The molecular weight excluding hydrogens is 283 g/mol. The van der Waals surface area contributed by atoms with Gasteiger partial charge in [0.2, 0.25) is 11.1 Å². The second-order valence-corrected chi connectivity index (χ2v) is 3.58. The number of benzene rings is 1. The van der Waals surface area contributed by atoms with Crippen LogP contribution in [-0.4, -0.2) is 24.6 Å². The number of rotatable bonds is 1. The fourth-order valence-corrected chi connectivity index (χ4v) is 0.908. The third-order valence-corrected chi connectivity index (χ3v) is 1.48. The van der Waals surface area contributed by atoms with E-state index in [9.17, 15) is 0 Å². The van der Waals surface area contributed by atoms with E-state index in [0.717, 1.165) is 0 Å². The molecule has 0 spiro atoms. The number of methoxy groups -OCH3 is 1. The van der Waals surface area contributed by atoms with Gasteiger partial charge >= 0.3 is 35.2 Å². The van der Waals surface area contributed by atoms with Gasteiger partial charge in [0, 0.05) is 15.4 Å². The Balaban J connectivity index is 0. The maximum Gasteiger partial charge on any atom is 1.00 e. The predicted octanol–water partition coefficient (Wildman–Crippen LogP) is -1.50. The van der Waals surface area contributed by atoms with E-state index in [4.69, 9.17) is 39.3 Å². The zero-order valence-electron chi connectivity index (χ0n) is 8.95. The molecule has 0 fully saturated rings. The summed E-state index contributed by atoms with van der Waals surface area (Å²) < 4.78 is 39.0. The fraction of sp³-hybridized carbons (Fsp3) is 0.143. The van der Waals surface area contributed by atoms with Crippen molar-refractivity contribution in [2.75, 3.05) is 7.11 Å². The average Bonchev–Trinajstić information content (AvgIpc) is 2.15. The Bertz CT molecular complexity index is 493. The van der Waals surface area contributed by atoms with Gasteiger partial charge in [-0.1, -0.05) is 11.6 Å². The molecule has 0 atom stereocenters. The first kappa shape index (κ1) is 19.0. The molecule has 88 valence electrons. The van der Waals surface area contributed by atoms with Gasteiger partial charge in [0.25, 0.3) is 0 Å². The molecule has 0 aliphatic carbocycles. The molecule has 0 unspecified atom stereocenters. The summed E-state index contributed by atoms with van der Waals surface area (Å²) in [5.41, 5.74) is 0.333. The minimum atomic E-state index is -5.17. The minimum Gasteiger partial charge on any atom is -0.759 e. The summed E-state index contributed by atoms with van der Waals surface area (Å²) in [6.45, 7) is 0. The van der Waals surface area contributed by atoms with Crippen molar-refractivity contribution in [2.24, 2.45) is 0 Å². The van der Waals surface area contributed by atoms with Crippen molar-refractivity contribution in [2.45, 2.75) is 0 Å². The van der Waals surface area contributed by atoms with Crippen LogP contribution in [0.3, 0.4) is 0 Å². The molecule has 7 nitrogen and oxygen atoms in total. The molecule has 0 aliphatic heterocycles. The smallest absolute Gasteiger partial charge is 0.759 e. The van der Waals surface area contributed by atoms with Crippen molar-refractivity contribution >= 4 is 27.7 Å². The SMILES string of the molecule is COc1ccc(Cl)cc1[N+]#N.O=S(=O)([O-])[O-].[Na+]. The maximum atomic E-state index is 8.52. The summed E-state index contributed by atoms with van der Waals surface area (Å²) in [4.78, 5) is 2.99. The molecule has 1 aromatic carbocycles. The van der Waals surface area contributed by atoms with Crippen LogP contribution in [0.5, 0.6) is 5.75 Å². The normalized spacial score (nSPS) is 9.12. The monoisotopic (exact) mass is 288 g/mol. The van der Waals surface area contributed by atoms with Gasteiger partial charge in [-0.2, -0.15) is 0 Å². The number of nitrogens with zero attached hydrogens (tertiary/aromatic N) is 2. The third kappa shape index (κ3) is 10.5. The van der Waals surface area contributed by atoms with Crippen molar-refractivity contribution in [1.29, 1.82) is 5.39 Å². The van der Waals surface area contributed by atoms with Crippen LogP contribution in [-0.2, 0) is 10.4 Å². The maximum absolute atomic E-state index is 8.52. The van der Waals surface area contributed by atoms with Crippen molar-refractivity contribution in [3.8, 4) is 5.75 Å². The van der Waals surface area contributed by atoms with Gasteiger partial charge in [0.05, 0.1) is 13.2 Å². The van der Waals surface area contributed by atoms with Gasteiger partial charge in [-0.05, 0) is 12.1 Å². The van der Waals surface area contributed by atoms with E-state index in [1.54, 1.807) is 12.1 Å². The van der Waals surface area contributed by atoms with E-state index in [2.05, 4.69) is 4.98 Å². The average molecular weight is 289 g/mol. The first-order chi connectivity index (χ1) is 7.27. The topological polar surface area (TPSA) is 118 Å². The van der Waals surface area contributed by atoms with E-state index < -0.39 is 10.4 Å². The van der Waals surface area contributed by atoms with Gasteiger partial charge in [0.15, 0.2) is 4.98 Å². The second-order valence-electron chi connectivity index (χ2n) is 2.32. The van der Waals surface area contributed by atoms with Crippen LogP contribution >= 0.6 is 11.6 Å². The minimum absolute atomic E-state index is 0. The standard InChI is InChI=1S/C7H6ClN2O.Na.H2O4S/c1-11-7-3-2-5(8)4-6(7)10-9;;1-5(2,3)4/h2-4H,1H3;;(H2,1,2,3,4)/q2*+1;/p-2. The Hall–Kier alpha value is -0.400. The number of hydrogen-bond acceptors (Lipinski definition) is 6. The predicted molar refractivity (Wildman–Crippen MR) is 53.2 cm³/mol. The number of halogens is 1. The summed E-state index contributed by atoms with van der Waals surface area (Å²) in [5, 5.41) is 8.97. The Morgan fingerprint density at radius 2 is 1.88 bits per heavy atom. The van der Waals surface area contributed by atoms with Crippen molar-refractivity contribution in [3.63, 3.8) is 0 Å². The van der Waals surface area contributed by atoms with E-state index in [1.165, 1.54) is 13.2 Å². The van der Waals surface area contributed by atoms with Crippen molar-refractivity contribution in [1.82, 2.24) is 0 Å². The quantitative estimate of drug-likeness (QED) is 0.268. The van der Waals surface area contributed by atoms with Crippen LogP contribution in [0.15, 0.2) is 18.2 Å². The van der Waals surface area contributed by atoms with Crippen LogP contribution in [0.4, 0.5) is 5.69 Å². The summed E-state index contributed by atoms with van der Waals surface area (Å²) >= 11 is 5.63. The summed E-state index contributed by atoms with van der Waals surface area (Å²) in [6, 6.07) is 4.81. The first-order valence-corrected chi connectivity index (χ1v) is 5.34. The Morgan fingerprint density at radius 1 is 1.41 bits per heavy atom. The molecule has 0 amide bonds. The molecule has 0 saturated heterocycles. The molecule has 0 radical (unpaired) electrons. The van der Waals surface area contributed by atoms with E-state index in [-0.39, 0.29) is 29.6 Å². The van der Waals surface area contributed by atoms with Gasteiger partial charge in [-0.15, -0.1) is 0 Å². The van der Waals surface area contributed by atoms with Crippen molar-refractivity contribution in [3.05, 3.63) is 28.2 Å².